The second-order valence-electron chi connectivity index (χ2n) is 8.86. The summed E-state index contributed by atoms with van der Waals surface area (Å²) in [6.45, 7) is 2.28. The smallest absolute Gasteiger partial charge is 0.344 e. The van der Waals surface area contributed by atoms with Crippen LogP contribution in [-0.2, 0) is 11.3 Å². The van der Waals surface area contributed by atoms with Crippen molar-refractivity contribution in [2.75, 3.05) is 38.1 Å². The molecule has 5 rings (SSSR count). The molecule has 3 heterocycles. The van der Waals surface area contributed by atoms with Crippen LogP contribution >= 0.6 is 0 Å². The van der Waals surface area contributed by atoms with Gasteiger partial charge >= 0.3 is 5.97 Å². The van der Waals surface area contributed by atoms with Gasteiger partial charge in [-0.25, -0.2) is 22.9 Å². The number of carbonyl (C=O) groups excluding carboxylic acids is 1. The molecule has 4 aromatic rings. The topological polar surface area (TPSA) is 67.2 Å². The molecule has 1 aliphatic rings. The van der Waals surface area contributed by atoms with Crippen LogP contribution in [0.5, 0.6) is 0 Å². The van der Waals surface area contributed by atoms with Crippen molar-refractivity contribution in [2.24, 2.45) is 0 Å². The molecule has 1 saturated heterocycles. The Morgan fingerprint density at radius 1 is 0.946 bits per heavy atom. The lowest BCUT2D eigenvalue weighted by atomic mass is 10.0. The maximum Gasteiger partial charge on any atom is 0.344 e. The first-order valence-electron chi connectivity index (χ1n) is 11.7. The van der Waals surface area contributed by atoms with Gasteiger partial charge in [-0.15, -0.1) is 0 Å². The SMILES string of the molecule is CN1CCN(c2nc3c(-c4ccc(F)cc4F)cc(C(=O)OCc4ccccc4)c(=O)n3cc2F)CC1. The van der Waals surface area contributed by atoms with E-state index < -0.39 is 34.5 Å². The van der Waals surface area contributed by atoms with Crippen molar-refractivity contribution in [3.63, 3.8) is 0 Å². The Morgan fingerprint density at radius 3 is 2.38 bits per heavy atom. The minimum atomic E-state index is -0.962. The lowest BCUT2D eigenvalue weighted by Crippen LogP contribution is -2.45. The highest BCUT2D eigenvalue weighted by Gasteiger charge is 2.25. The van der Waals surface area contributed by atoms with E-state index in [9.17, 15) is 18.4 Å². The fraction of sp³-hybridized carbons (Fsp3) is 0.222. The molecule has 2 aromatic heterocycles. The first kappa shape index (κ1) is 24.5. The average molecular weight is 509 g/mol. The fourth-order valence-electron chi connectivity index (χ4n) is 4.28. The quantitative estimate of drug-likeness (QED) is 0.381. The van der Waals surface area contributed by atoms with Crippen LogP contribution in [0.2, 0.25) is 0 Å². The van der Waals surface area contributed by atoms with Crippen molar-refractivity contribution in [3.8, 4) is 11.1 Å². The maximum absolute atomic E-state index is 15.2. The third kappa shape index (κ3) is 4.92. The summed E-state index contributed by atoms with van der Waals surface area (Å²) in [7, 11) is 1.95. The van der Waals surface area contributed by atoms with Crippen LogP contribution < -0.4 is 10.5 Å². The molecular weight excluding hydrogens is 485 g/mol. The number of benzene rings is 2. The lowest BCUT2D eigenvalue weighted by molar-refractivity contribution is 0.0470. The molecule has 0 spiro atoms. The van der Waals surface area contributed by atoms with Crippen molar-refractivity contribution in [2.45, 2.75) is 6.61 Å². The number of carbonyl (C=O) groups is 1. The van der Waals surface area contributed by atoms with Crippen LogP contribution in [0.1, 0.15) is 15.9 Å². The number of fused-ring (bicyclic) bond motifs is 1. The minimum Gasteiger partial charge on any atom is -0.457 e. The zero-order chi connectivity index (χ0) is 26.1. The molecule has 1 aliphatic heterocycles. The van der Waals surface area contributed by atoms with Gasteiger partial charge in [0, 0.05) is 43.4 Å². The van der Waals surface area contributed by atoms with Crippen molar-refractivity contribution < 1.29 is 22.7 Å². The highest BCUT2D eigenvalue weighted by Crippen LogP contribution is 2.29. The Hall–Kier alpha value is -4.18. The fourth-order valence-corrected chi connectivity index (χ4v) is 4.28. The summed E-state index contributed by atoms with van der Waals surface area (Å²) in [6.07, 6.45) is 0.942. The summed E-state index contributed by atoms with van der Waals surface area (Å²) in [5.74, 6) is -3.43. The van der Waals surface area contributed by atoms with Gasteiger partial charge in [-0.1, -0.05) is 30.3 Å². The molecule has 0 atom stereocenters. The van der Waals surface area contributed by atoms with Gasteiger partial charge < -0.3 is 14.5 Å². The Bertz CT molecular complexity index is 1530. The Labute approximate surface area is 210 Å². The molecule has 0 N–H and O–H groups in total. The highest BCUT2D eigenvalue weighted by molar-refractivity contribution is 5.93. The van der Waals surface area contributed by atoms with Gasteiger partial charge in [0.1, 0.15) is 29.5 Å². The van der Waals surface area contributed by atoms with E-state index in [2.05, 4.69) is 9.88 Å². The normalized spacial score (nSPS) is 14.2. The van der Waals surface area contributed by atoms with Gasteiger partial charge in [0.15, 0.2) is 11.6 Å². The first-order chi connectivity index (χ1) is 17.8. The standard InChI is InChI=1S/C27H23F3N4O3/c1-32-9-11-33(12-10-32)25-23(30)15-34-24(31-25)20(19-8-7-18(28)13-22(19)29)14-21(26(34)35)27(36)37-16-17-5-3-2-4-6-17/h2-8,13-15H,9-12,16H2,1H3. The molecule has 190 valence electrons. The summed E-state index contributed by atoms with van der Waals surface area (Å²) in [6, 6.07) is 12.9. The Kier molecular flexibility index (Phi) is 6.66. The minimum absolute atomic E-state index is 0.00988. The molecule has 0 amide bonds. The molecule has 0 saturated carbocycles. The number of ether oxygens (including phenoxy) is 1. The molecule has 10 heteroatoms. The van der Waals surface area contributed by atoms with E-state index in [0.717, 1.165) is 16.7 Å². The van der Waals surface area contributed by atoms with Gasteiger partial charge in [0.25, 0.3) is 5.56 Å². The van der Waals surface area contributed by atoms with Crippen molar-refractivity contribution in [3.05, 3.63) is 99.7 Å². The molecule has 2 aromatic carbocycles. The predicted molar refractivity (Wildman–Crippen MR) is 132 cm³/mol. The van der Waals surface area contributed by atoms with Crippen molar-refractivity contribution in [1.82, 2.24) is 14.3 Å². The number of rotatable bonds is 5. The van der Waals surface area contributed by atoms with Crippen LogP contribution in [0.4, 0.5) is 19.0 Å². The largest absolute Gasteiger partial charge is 0.457 e. The van der Waals surface area contributed by atoms with Crippen LogP contribution in [0.25, 0.3) is 16.8 Å². The van der Waals surface area contributed by atoms with E-state index in [1.807, 2.05) is 13.1 Å². The number of pyridine rings is 1. The molecule has 7 nitrogen and oxygen atoms in total. The molecule has 0 bridgehead atoms. The predicted octanol–water partition coefficient (Wildman–Crippen LogP) is 3.89. The number of aromatic nitrogens is 2. The maximum atomic E-state index is 15.2. The lowest BCUT2D eigenvalue weighted by Gasteiger charge is -2.33. The Balaban J connectivity index is 1.65. The highest BCUT2D eigenvalue weighted by atomic mass is 19.1. The van der Waals surface area contributed by atoms with Crippen LogP contribution in [0.3, 0.4) is 0 Å². The number of anilines is 1. The van der Waals surface area contributed by atoms with Gasteiger partial charge in [-0.05, 0) is 30.8 Å². The first-order valence-corrected chi connectivity index (χ1v) is 11.7. The third-order valence-electron chi connectivity index (χ3n) is 6.33. The molecular formula is C27H23F3N4O3. The number of hydrogen-bond acceptors (Lipinski definition) is 6. The van der Waals surface area contributed by atoms with E-state index in [4.69, 9.17) is 4.74 Å². The zero-order valence-corrected chi connectivity index (χ0v) is 20.0. The monoisotopic (exact) mass is 508 g/mol. The average Bonchev–Trinajstić information content (AvgIpc) is 2.89. The summed E-state index contributed by atoms with van der Waals surface area (Å²) >= 11 is 0. The number of hydrogen-bond donors (Lipinski definition) is 0. The van der Waals surface area contributed by atoms with E-state index in [1.54, 1.807) is 29.2 Å². The third-order valence-corrected chi connectivity index (χ3v) is 6.33. The van der Waals surface area contributed by atoms with E-state index in [-0.39, 0.29) is 29.2 Å². The molecule has 0 unspecified atom stereocenters. The number of nitrogens with zero attached hydrogens (tertiary/aromatic N) is 4. The van der Waals surface area contributed by atoms with Crippen LogP contribution in [0.15, 0.2) is 65.6 Å². The van der Waals surface area contributed by atoms with Crippen LogP contribution in [0, 0.1) is 17.5 Å². The van der Waals surface area contributed by atoms with Crippen molar-refractivity contribution >= 4 is 17.4 Å². The summed E-state index contributed by atoms with van der Waals surface area (Å²) in [5.41, 5.74) is -0.730. The number of likely N-dealkylation sites (N-methyl/N-ethyl adjacent to an activating group) is 1. The number of halogens is 3. The second-order valence-corrected chi connectivity index (χ2v) is 8.86. The van der Waals surface area contributed by atoms with Gasteiger partial charge in [-0.3, -0.25) is 9.20 Å². The van der Waals surface area contributed by atoms with E-state index >= 15 is 4.39 Å². The summed E-state index contributed by atoms with van der Waals surface area (Å²) in [5, 5.41) is 0. The summed E-state index contributed by atoms with van der Waals surface area (Å²) < 4.78 is 49.9. The van der Waals surface area contributed by atoms with E-state index in [1.165, 1.54) is 12.1 Å². The van der Waals surface area contributed by atoms with Gasteiger partial charge in [0.2, 0.25) is 0 Å². The van der Waals surface area contributed by atoms with E-state index in [0.29, 0.717) is 37.8 Å². The molecule has 1 fully saturated rings. The molecule has 0 radical (unpaired) electrons. The van der Waals surface area contributed by atoms with Gasteiger partial charge in [0.05, 0.1) is 6.20 Å². The Morgan fingerprint density at radius 2 is 1.68 bits per heavy atom. The van der Waals surface area contributed by atoms with Crippen molar-refractivity contribution in [1.29, 1.82) is 0 Å². The van der Waals surface area contributed by atoms with Crippen LogP contribution in [-0.4, -0.2) is 53.5 Å². The molecule has 37 heavy (non-hydrogen) atoms. The molecule has 0 aliphatic carbocycles. The zero-order valence-electron chi connectivity index (χ0n) is 20.0. The number of esters is 1. The summed E-state index contributed by atoms with van der Waals surface area (Å²) in [4.78, 5) is 34.4. The number of piperazine rings is 1. The van der Waals surface area contributed by atoms with Gasteiger partial charge in [-0.2, -0.15) is 0 Å². The second kappa shape index (κ2) is 10.1.